The highest BCUT2D eigenvalue weighted by Crippen LogP contribution is 2.38. The summed E-state index contributed by atoms with van der Waals surface area (Å²) < 4.78 is 40.8. The third kappa shape index (κ3) is 5.98. The molecule has 2 aliphatic rings. The fraction of sp³-hybridized carbons (Fsp3) is 0.379. The molecule has 1 saturated heterocycles. The van der Waals surface area contributed by atoms with Crippen LogP contribution in [0.15, 0.2) is 52.6 Å². The van der Waals surface area contributed by atoms with Gasteiger partial charge in [0.05, 0.1) is 18.5 Å². The van der Waals surface area contributed by atoms with Crippen LogP contribution in [0.4, 0.5) is 19.3 Å². The van der Waals surface area contributed by atoms with E-state index in [-0.39, 0.29) is 23.7 Å². The van der Waals surface area contributed by atoms with Crippen LogP contribution in [-0.4, -0.2) is 53.7 Å². The minimum Gasteiger partial charge on any atom is -0.493 e. The van der Waals surface area contributed by atoms with Gasteiger partial charge in [-0.2, -0.15) is 0 Å². The first-order valence-electron chi connectivity index (χ1n) is 13.3. The second-order valence-electron chi connectivity index (χ2n) is 10.9. The smallest absolute Gasteiger partial charge is 0.457 e. The van der Waals surface area contributed by atoms with E-state index in [1.807, 2.05) is 33.0 Å². The Morgan fingerprint density at radius 2 is 1.98 bits per heavy atom. The Labute approximate surface area is 231 Å². The summed E-state index contributed by atoms with van der Waals surface area (Å²) in [5.74, 6) is -0.387. The number of nitrogens with zero attached hydrogens (tertiary/aromatic N) is 4. The lowest BCUT2D eigenvalue weighted by Crippen LogP contribution is -2.43. The van der Waals surface area contributed by atoms with Gasteiger partial charge in [0.15, 0.2) is 17.8 Å². The molecule has 11 heteroatoms. The van der Waals surface area contributed by atoms with Crippen molar-refractivity contribution in [2.75, 3.05) is 19.7 Å². The minimum absolute atomic E-state index is 0.0666. The van der Waals surface area contributed by atoms with E-state index in [1.165, 1.54) is 6.07 Å². The number of amides is 1. The Bertz CT molecular complexity index is 1470. The van der Waals surface area contributed by atoms with Gasteiger partial charge in [-0.3, -0.25) is 0 Å². The number of benzene rings is 2. The molecule has 3 heterocycles. The topological polar surface area (TPSA) is 109 Å². The molecular formula is C29H33F2N6O3+. The van der Waals surface area contributed by atoms with Gasteiger partial charge >= 0.3 is 12.1 Å². The minimum atomic E-state index is -0.806. The molecule has 1 aromatic heterocycles. The molecule has 1 fully saturated rings. The maximum absolute atomic E-state index is 14.3. The molecule has 2 aromatic carbocycles. The van der Waals surface area contributed by atoms with Gasteiger partial charge in [-0.15, -0.1) is 4.68 Å². The lowest BCUT2D eigenvalue weighted by molar-refractivity contribution is -0.618. The van der Waals surface area contributed by atoms with Gasteiger partial charge in [0.2, 0.25) is 0 Å². The highest BCUT2D eigenvalue weighted by atomic mass is 19.1. The number of ether oxygens (including phenoxy) is 2. The molecule has 40 heavy (non-hydrogen) atoms. The summed E-state index contributed by atoms with van der Waals surface area (Å²) in [4.78, 5) is 22.6. The molecule has 5 rings (SSSR count). The van der Waals surface area contributed by atoms with E-state index in [9.17, 15) is 13.6 Å². The van der Waals surface area contributed by atoms with E-state index >= 15 is 0 Å². The molecular weight excluding hydrogens is 518 g/mol. The number of nitrogens with one attached hydrogen (secondary N) is 1. The number of fused-ring (bicyclic) bond motifs is 3. The number of H-pyrrole nitrogens is 1. The monoisotopic (exact) mass is 551 g/mol. The van der Waals surface area contributed by atoms with Gasteiger partial charge in [-0.05, 0) is 69.4 Å². The first kappa shape index (κ1) is 27.3. The molecule has 0 atom stereocenters. The highest BCUT2D eigenvalue weighted by Gasteiger charge is 2.29. The zero-order chi connectivity index (χ0) is 28.4. The van der Waals surface area contributed by atoms with Crippen LogP contribution in [0.25, 0.3) is 11.3 Å². The van der Waals surface area contributed by atoms with Crippen molar-refractivity contribution in [3.05, 3.63) is 65.4 Å². The summed E-state index contributed by atoms with van der Waals surface area (Å²) >= 11 is 0. The Morgan fingerprint density at radius 1 is 1.20 bits per heavy atom. The number of carbonyl (C=O) groups excluding carboxylic acids is 1. The number of likely N-dealkylation sites (tertiary alicyclic amines) is 1. The second-order valence-corrected chi connectivity index (χ2v) is 10.9. The second kappa shape index (κ2) is 11.1. The first-order valence-corrected chi connectivity index (χ1v) is 13.3. The van der Waals surface area contributed by atoms with Crippen molar-refractivity contribution >= 4 is 24.1 Å². The molecule has 0 saturated carbocycles. The fourth-order valence-corrected chi connectivity index (χ4v) is 4.98. The lowest BCUT2D eigenvalue weighted by atomic mass is 9.88. The summed E-state index contributed by atoms with van der Waals surface area (Å²) in [6.07, 6.45) is 4.89. The van der Waals surface area contributed by atoms with Crippen molar-refractivity contribution in [3.63, 3.8) is 0 Å². The Morgan fingerprint density at radius 3 is 2.67 bits per heavy atom. The molecule has 1 amide bonds. The van der Waals surface area contributed by atoms with E-state index in [1.54, 1.807) is 9.58 Å². The number of halogens is 2. The number of carbonyl (C=O) groups is 1. The molecule has 3 aromatic rings. The molecule has 3 N–H and O–H groups in total. The van der Waals surface area contributed by atoms with Gasteiger partial charge < -0.3 is 20.1 Å². The summed E-state index contributed by atoms with van der Waals surface area (Å²) in [7, 11) is 0. The maximum atomic E-state index is 14.3. The van der Waals surface area contributed by atoms with Crippen LogP contribution in [-0.2, 0) is 11.2 Å². The maximum Gasteiger partial charge on any atom is 0.457 e. The van der Waals surface area contributed by atoms with E-state index in [0.717, 1.165) is 59.4 Å². The number of hydrogen-bond acceptors (Lipinski definition) is 4. The normalized spacial score (nSPS) is 16.3. The quantitative estimate of drug-likeness (QED) is 0.270. The predicted octanol–water partition coefficient (Wildman–Crippen LogP) is 4.82. The van der Waals surface area contributed by atoms with Crippen molar-refractivity contribution in [1.29, 1.82) is 0 Å². The summed E-state index contributed by atoms with van der Waals surface area (Å²) in [6, 6.07) is 9.33. The molecule has 0 unspecified atom stereocenters. The third-order valence-electron chi connectivity index (χ3n) is 6.89. The number of aromatic amines is 1. The standard InChI is InChI=1S/C29H32F2N6O3/c1-29(2,3)40-28(38)36-11-8-18(9-12-36)19-4-7-25-22(14-19)26-20(10-13-39-25)16-37(35-26)27(33-17-32)34-24-6-5-21(30)15-23(24)31/h4-7,14-18H,8-13H2,1-3H3,(H2,32,33,34)/p+1. The van der Waals surface area contributed by atoms with Crippen LogP contribution in [0.2, 0.25) is 0 Å². The van der Waals surface area contributed by atoms with E-state index < -0.39 is 17.2 Å². The molecule has 0 radical (unpaired) electrons. The van der Waals surface area contributed by atoms with Crippen molar-refractivity contribution in [2.24, 2.45) is 15.7 Å². The highest BCUT2D eigenvalue weighted by molar-refractivity contribution is 5.82. The lowest BCUT2D eigenvalue weighted by Gasteiger charge is -2.33. The Kier molecular flexibility index (Phi) is 7.55. The first-order chi connectivity index (χ1) is 19.1. The molecule has 2 aliphatic heterocycles. The average Bonchev–Trinajstić information content (AvgIpc) is 3.25. The average molecular weight is 552 g/mol. The third-order valence-corrected chi connectivity index (χ3v) is 6.89. The van der Waals surface area contributed by atoms with Gasteiger partial charge in [0.1, 0.15) is 17.2 Å². The van der Waals surface area contributed by atoms with Gasteiger partial charge in [0, 0.05) is 36.7 Å². The molecule has 0 aliphatic carbocycles. The fourth-order valence-electron chi connectivity index (χ4n) is 4.98. The molecule has 210 valence electrons. The van der Waals surface area contributed by atoms with E-state index in [4.69, 9.17) is 15.2 Å². The number of nitrogens with two attached hydrogens (primary N) is 1. The van der Waals surface area contributed by atoms with Crippen LogP contribution in [0, 0.1) is 11.6 Å². The Hall–Kier alpha value is -4.28. The van der Waals surface area contributed by atoms with Gasteiger partial charge in [0.25, 0.3) is 0 Å². The Balaban J connectivity index is 1.42. The number of rotatable bonds is 2. The van der Waals surface area contributed by atoms with Crippen molar-refractivity contribution in [1.82, 2.24) is 10.00 Å². The number of hydrogen-bond donors (Lipinski definition) is 2. The number of aromatic nitrogens is 2. The number of aliphatic imine (C=N–C) groups is 2. The number of piperidine rings is 1. The van der Waals surface area contributed by atoms with Gasteiger partial charge in [-0.25, -0.2) is 18.7 Å². The van der Waals surface area contributed by atoms with Crippen LogP contribution in [0.5, 0.6) is 5.75 Å². The van der Waals surface area contributed by atoms with Crippen LogP contribution in [0.3, 0.4) is 0 Å². The SMILES string of the molecule is CC(C)(C)OC(=O)N1CCC(c2ccc3c(c2)-c2[nH][n+](C(N=CN)=Nc4ccc(F)cc4F)cc2CCO3)CC1. The zero-order valence-corrected chi connectivity index (χ0v) is 22.8. The molecule has 0 spiro atoms. The van der Waals surface area contributed by atoms with Crippen molar-refractivity contribution in [3.8, 4) is 17.0 Å². The van der Waals surface area contributed by atoms with E-state index in [2.05, 4.69) is 27.2 Å². The van der Waals surface area contributed by atoms with Crippen LogP contribution < -0.4 is 15.2 Å². The summed E-state index contributed by atoms with van der Waals surface area (Å²) in [5, 5.41) is 3.31. The van der Waals surface area contributed by atoms with Crippen LogP contribution >= 0.6 is 0 Å². The van der Waals surface area contributed by atoms with E-state index in [0.29, 0.717) is 26.1 Å². The van der Waals surface area contributed by atoms with Crippen LogP contribution in [0.1, 0.15) is 50.7 Å². The summed E-state index contributed by atoms with van der Waals surface area (Å²) in [5.41, 5.74) is 8.82. The largest absolute Gasteiger partial charge is 0.493 e. The van der Waals surface area contributed by atoms with Gasteiger partial charge in [-0.1, -0.05) is 16.1 Å². The molecule has 0 bridgehead atoms. The van der Waals surface area contributed by atoms with Crippen molar-refractivity contribution in [2.45, 2.75) is 51.6 Å². The zero-order valence-electron chi connectivity index (χ0n) is 22.8. The summed E-state index contributed by atoms with van der Waals surface area (Å²) in [6.45, 7) is 7.32. The molecule has 9 nitrogen and oxygen atoms in total. The predicted molar refractivity (Wildman–Crippen MR) is 147 cm³/mol. The van der Waals surface area contributed by atoms with Crippen molar-refractivity contribution < 1.29 is 27.7 Å².